The molecule has 2 heteroatoms. The molecule has 0 heterocycles. The first kappa shape index (κ1) is 11.8. The lowest BCUT2D eigenvalue weighted by Gasteiger charge is -2.06. The van der Waals surface area contributed by atoms with Crippen molar-refractivity contribution in [3.8, 4) is 5.75 Å². The molecular formula is C13H19NO. The maximum absolute atomic E-state index is 5.66. The lowest BCUT2D eigenvalue weighted by atomic mass is 10.1. The number of aryl methyl sites for hydroxylation is 1. The zero-order valence-electron chi connectivity index (χ0n) is 9.66. The highest BCUT2D eigenvalue weighted by molar-refractivity contribution is 5.55. The highest BCUT2D eigenvalue weighted by Crippen LogP contribution is 2.18. The van der Waals surface area contributed by atoms with E-state index in [2.05, 4.69) is 19.1 Å². The Morgan fingerprint density at radius 3 is 2.73 bits per heavy atom. The van der Waals surface area contributed by atoms with Crippen LogP contribution in [0.5, 0.6) is 5.75 Å². The summed E-state index contributed by atoms with van der Waals surface area (Å²) in [6.45, 7) is 6.72. The van der Waals surface area contributed by atoms with E-state index < -0.39 is 0 Å². The predicted octanol–water partition coefficient (Wildman–Crippen LogP) is 2.75. The van der Waals surface area contributed by atoms with Gasteiger partial charge in [0.05, 0.1) is 6.61 Å². The van der Waals surface area contributed by atoms with Crippen LogP contribution in [0.15, 0.2) is 24.3 Å². The third-order valence-electron chi connectivity index (χ3n) is 2.13. The Morgan fingerprint density at radius 1 is 1.47 bits per heavy atom. The summed E-state index contributed by atoms with van der Waals surface area (Å²) in [4.78, 5) is 0. The van der Waals surface area contributed by atoms with Gasteiger partial charge in [0.25, 0.3) is 0 Å². The minimum Gasteiger partial charge on any atom is -0.494 e. The van der Waals surface area contributed by atoms with E-state index in [4.69, 9.17) is 10.5 Å². The Kier molecular flexibility index (Phi) is 4.37. The molecule has 0 aliphatic heterocycles. The van der Waals surface area contributed by atoms with Crippen LogP contribution in [0.25, 0.3) is 6.08 Å². The monoisotopic (exact) mass is 205 g/mol. The van der Waals surface area contributed by atoms with Crippen LogP contribution < -0.4 is 10.5 Å². The van der Waals surface area contributed by atoms with Crippen LogP contribution >= 0.6 is 0 Å². The van der Waals surface area contributed by atoms with Crippen molar-refractivity contribution in [1.29, 1.82) is 0 Å². The second-order valence-electron chi connectivity index (χ2n) is 3.67. The molecule has 1 unspecified atom stereocenters. The molecule has 1 aromatic carbocycles. The van der Waals surface area contributed by atoms with Crippen LogP contribution in [0.3, 0.4) is 0 Å². The van der Waals surface area contributed by atoms with Crippen molar-refractivity contribution < 1.29 is 4.74 Å². The van der Waals surface area contributed by atoms with Gasteiger partial charge in [-0.05, 0) is 44.0 Å². The van der Waals surface area contributed by atoms with Crippen LogP contribution in [-0.4, -0.2) is 12.6 Å². The van der Waals surface area contributed by atoms with E-state index >= 15 is 0 Å². The van der Waals surface area contributed by atoms with Gasteiger partial charge in [-0.2, -0.15) is 0 Å². The zero-order valence-corrected chi connectivity index (χ0v) is 9.66. The maximum atomic E-state index is 5.66. The van der Waals surface area contributed by atoms with Crippen LogP contribution in [-0.2, 0) is 0 Å². The van der Waals surface area contributed by atoms with Gasteiger partial charge in [-0.25, -0.2) is 0 Å². The van der Waals surface area contributed by atoms with Crippen LogP contribution in [0.2, 0.25) is 0 Å². The summed E-state index contributed by atoms with van der Waals surface area (Å²) in [5.41, 5.74) is 8.05. The summed E-state index contributed by atoms with van der Waals surface area (Å²) >= 11 is 0. The number of hydrogen-bond acceptors (Lipinski definition) is 2. The average Bonchev–Trinajstić information content (AvgIpc) is 2.17. The average molecular weight is 205 g/mol. The predicted molar refractivity (Wildman–Crippen MR) is 65.0 cm³/mol. The Hall–Kier alpha value is -1.28. The van der Waals surface area contributed by atoms with Gasteiger partial charge in [0.2, 0.25) is 0 Å². The van der Waals surface area contributed by atoms with Crippen LogP contribution in [0.4, 0.5) is 0 Å². The van der Waals surface area contributed by atoms with E-state index in [1.54, 1.807) is 0 Å². The van der Waals surface area contributed by atoms with Gasteiger partial charge in [-0.15, -0.1) is 0 Å². The molecule has 0 fully saturated rings. The molecule has 0 aliphatic carbocycles. The Bertz CT molecular complexity index is 342. The number of rotatable bonds is 4. The molecule has 0 saturated carbocycles. The largest absolute Gasteiger partial charge is 0.494 e. The lowest BCUT2D eigenvalue weighted by molar-refractivity contribution is 0.340. The molecule has 0 bridgehead atoms. The van der Waals surface area contributed by atoms with Gasteiger partial charge < -0.3 is 10.5 Å². The molecule has 0 saturated heterocycles. The fourth-order valence-electron chi connectivity index (χ4n) is 1.35. The van der Waals surface area contributed by atoms with Crippen molar-refractivity contribution in [2.75, 3.05) is 6.61 Å². The fraction of sp³-hybridized carbons (Fsp3) is 0.385. The zero-order chi connectivity index (χ0) is 11.3. The van der Waals surface area contributed by atoms with E-state index in [-0.39, 0.29) is 6.04 Å². The van der Waals surface area contributed by atoms with Gasteiger partial charge in [0, 0.05) is 6.04 Å². The Balaban J connectivity index is 2.83. The van der Waals surface area contributed by atoms with E-state index in [9.17, 15) is 0 Å². The Morgan fingerprint density at radius 2 is 2.20 bits per heavy atom. The van der Waals surface area contributed by atoms with Crippen molar-refractivity contribution in [2.24, 2.45) is 5.73 Å². The summed E-state index contributed by atoms with van der Waals surface area (Å²) in [5, 5.41) is 0. The summed E-state index contributed by atoms with van der Waals surface area (Å²) in [6.07, 6.45) is 4.04. The summed E-state index contributed by atoms with van der Waals surface area (Å²) in [5.74, 6) is 0.924. The molecule has 82 valence electrons. The van der Waals surface area contributed by atoms with E-state index in [0.717, 1.165) is 5.75 Å². The molecule has 0 aromatic heterocycles. The van der Waals surface area contributed by atoms with Gasteiger partial charge in [-0.1, -0.05) is 18.2 Å². The second kappa shape index (κ2) is 5.56. The van der Waals surface area contributed by atoms with Crippen molar-refractivity contribution in [1.82, 2.24) is 0 Å². The Labute approximate surface area is 91.7 Å². The van der Waals surface area contributed by atoms with Crippen molar-refractivity contribution in [3.63, 3.8) is 0 Å². The molecule has 0 spiro atoms. The normalized spacial score (nSPS) is 13.1. The first-order valence-corrected chi connectivity index (χ1v) is 5.30. The topological polar surface area (TPSA) is 35.2 Å². The summed E-state index contributed by atoms with van der Waals surface area (Å²) in [6, 6.07) is 6.18. The quantitative estimate of drug-likeness (QED) is 0.820. The van der Waals surface area contributed by atoms with E-state index in [0.29, 0.717) is 6.61 Å². The van der Waals surface area contributed by atoms with Gasteiger partial charge in [0.15, 0.2) is 0 Å². The first-order valence-electron chi connectivity index (χ1n) is 5.30. The second-order valence-corrected chi connectivity index (χ2v) is 3.67. The molecule has 1 atom stereocenters. The van der Waals surface area contributed by atoms with E-state index in [1.165, 1.54) is 11.1 Å². The third kappa shape index (κ3) is 3.76. The summed E-state index contributed by atoms with van der Waals surface area (Å²) < 4.78 is 5.42. The first-order chi connectivity index (χ1) is 7.13. The highest BCUT2D eigenvalue weighted by Gasteiger charge is 1.97. The van der Waals surface area contributed by atoms with Crippen molar-refractivity contribution in [2.45, 2.75) is 26.8 Å². The standard InChI is InChI=1S/C13H19NO/c1-4-15-13-8-7-12(10(2)9-13)6-5-11(3)14/h5-9,11H,4,14H2,1-3H3/b6-5+. The van der Waals surface area contributed by atoms with Crippen molar-refractivity contribution >= 4 is 6.08 Å². The maximum Gasteiger partial charge on any atom is 0.119 e. The van der Waals surface area contributed by atoms with Crippen LogP contribution in [0.1, 0.15) is 25.0 Å². The number of hydrogen-bond donors (Lipinski definition) is 1. The smallest absolute Gasteiger partial charge is 0.119 e. The molecule has 15 heavy (non-hydrogen) atoms. The minimum atomic E-state index is 0.0935. The molecule has 1 aromatic rings. The molecule has 2 N–H and O–H groups in total. The third-order valence-corrected chi connectivity index (χ3v) is 2.13. The molecule has 0 aliphatic rings. The molecule has 2 nitrogen and oxygen atoms in total. The number of benzene rings is 1. The number of nitrogens with two attached hydrogens (primary N) is 1. The van der Waals surface area contributed by atoms with Gasteiger partial charge >= 0.3 is 0 Å². The SMILES string of the molecule is CCOc1ccc(/C=C/C(C)N)c(C)c1. The summed E-state index contributed by atoms with van der Waals surface area (Å²) in [7, 11) is 0. The lowest BCUT2D eigenvalue weighted by Crippen LogP contribution is -2.09. The van der Waals surface area contributed by atoms with E-state index in [1.807, 2.05) is 32.1 Å². The van der Waals surface area contributed by atoms with Crippen LogP contribution in [0, 0.1) is 6.92 Å². The highest BCUT2D eigenvalue weighted by atomic mass is 16.5. The molecule has 1 rings (SSSR count). The molecule has 0 amide bonds. The minimum absolute atomic E-state index is 0.0935. The fourth-order valence-corrected chi connectivity index (χ4v) is 1.35. The van der Waals surface area contributed by atoms with Gasteiger partial charge in [-0.3, -0.25) is 0 Å². The molecule has 0 radical (unpaired) electrons. The van der Waals surface area contributed by atoms with Gasteiger partial charge in [0.1, 0.15) is 5.75 Å². The van der Waals surface area contributed by atoms with Crippen molar-refractivity contribution in [3.05, 3.63) is 35.4 Å². The molecular weight excluding hydrogens is 186 g/mol. The number of ether oxygens (including phenoxy) is 1.